The van der Waals surface area contributed by atoms with Crippen molar-refractivity contribution in [2.24, 2.45) is 0 Å². The van der Waals surface area contributed by atoms with Crippen LogP contribution in [0.15, 0.2) is 24.3 Å². The molecule has 1 aromatic carbocycles. The highest BCUT2D eigenvalue weighted by atomic mass is 16.1. The Morgan fingerprint density at radius 2 is 1.45 bits per heavy atom. The molecule has 0 aliphatic heterocycles. The van der Waals surface area contributed by atoms with E-state index in [9.17, 15) is 9.59 Å². The fourth-order valence-electron chi connectivity index (χ4n) is 1.07. The molecule has 0 atom stereocenters. The first-order valence-corrected chi connectivity index (χ1v) is 5.34. The fourth-order valence-corrected chi connectivity index (χ4v) is 1.07. The molecule has 0 amide bonds. The van der Waals surface area contributed by atoms with Gasteiger partial charge in [-0.2, -0.15) is 0 Å². The smallest absolute Gasteiger partial charge is 0.236 e. The molecule has 0 N–H and O–H groups in total. The molecular weight excluding hydrogens is 248 g/mol. The van der Waals surface area contributed by atoms with E-state index in [4.69, 9.17) is 6.42 Å². The Morgan fingerprint density at radius 3 is 2.00 bits per heavy atom. The molecule has 90 valence electrons. The second-order valence-corrected chi connectivity index (χ2v) is 3.21. The Labute approximate surface area is 117 Å². The molecule has 2 heteroatoms. The molecule has 0 bridgehead atoms. The summed E-state index contributed by atoms with van der Waals surface area (Å²) in [6.07, 6.45) is 5.59. The van der Waals surface area contributed by atoms with Crippen molar-refractivity contribution in [2.75, 3.05) is 0 Å². The van der Waals surface area contributed by atoms with Gasteiger partial charge >= 0.3 is 0 Å². The summed E-state index contributed by atoms with van der Waals surface area (Å²) in [6.45, 7) is 0. The van der Waals surface area contributed by atoms with E-state index >= 15 is 0 Å². The van der Waals surface area contributed by atoms with E-state index in [-0.39, 0.29) is 5.78 Å². The quantitative estimate of drug-likeness (QED) is 0.345. The van der Waals surface area contributed by atoms with Gasteiger partial charge in [0.05, 0.1) is 0 Å². The minimum absolute atomic E-state index is 0.378. The molecular formula is C18H6O2. The number of carbonyl (C=O) groups is 2. The number of Topliss-reactive ketones (excluding diaryl/α,β-unsaturated/α-hetero) is 1. The van der Waals surface area contributed by atoms with E-state index in [0.717, 1.165) is 0 Å². The zero-order valence-electron chi connectivity index (χ0n) is 10.3. The second-order valence-electron chi connectivity index (χ2n) is 3.21. The highest BCUT2D eigenvalue weighted by molar-refractivity contribution is 6.09. The average molecular weight is 254 g/mol. The molecule has 1 aromatic rings. The van der Waals surface area contributed by atoms with Crippen LogP contribution >= 0.6 is 0 Å². The molecule has 0 radical (unpaired) electrons. The Kier molecular flexibility index (Phi) is 6.09. The molecule has 0 aromatic heterocycles. The summed E-state index contributed by atoms with van der Waals surface area (Å²) in [5.74, 6) is 20.8. The molecule has 1 rings (SSSR count). The van der Waals surface area contributed by atoms with Crippen LogP contribution in [0.2, 0.25) is 0 Å². The molecule has 20 heavy (non-hydrogen) atoms. The number of terminal acetylenes is 1. The third-order valence-corrected chi connectivity index (χ3v) is 1.93. The summed E-state index contributed by atoms with van der Waals surface area (Å²) >= 11 is 0. The lowest BCUT2D eigenvalue weighted by Gasteiger charge is -1.93. The van der Waals surface area contributed by atoms with Crippen molar-refractivity contribution in [3.8, 4) is 59.7 Å². The minimum atomic E-state index is -0.378. The molecule has 0 aliphatic rings. The van der Waals surface area contributed by atoms with Gasteiger partial charge in [0, 0.05) is 11.1 Å². The molecule has 0 unspecified atom stereocenters. The largest absolute Gasteiger partial charge is 0.298 e. The maximum absolute atomic E-state index is 11.6. The Balaban J connectivity index is 2.69. The lowest BCUT2D eigenvalue weighted by atomic mass is 10.1. The van der Waals surface area contributed by atoms with E-state index in [2.05, 4.69) is 53.3 Å². The Hall–Kier alpha value is -3.64. The van der Waals surface area contributed by atoms with Gasteiger partial charge in [0.15, 0.2) is 0 Å². The van der Waals surface area contributed by atoms with Gasteiger partial charge in [-0.05, 0) is 65.4 Å². The number of aldehydes is 1. The van der Waals surface area contributed by atoms with Gasteiger partial charge < -0.3 is 0 Å². The number of rotatable bonds is 2. The van der Waals surface area contributed by atoms with Crippen LogP contribution in [0, 0.1) is 59.7 Å². The Morgan fingerprint density at radius 1 is 0.900 bits per heavy atom. The van der Waals surface area contributed by atoms with Gasteiger partial charge in [-0.3, -0.25) is 9.59 Å². The summed E-state index contributed by atoms with van der Waals surface area (Å²) in [7, 11) is 0. The molecule has 0 saturated carbocycles. The van der Waals surface area contributed by atoms with E-state index in [1.54, 1.807) is 12.1 Å². The molecule has 0 fully saturated rings. The highest BCUT2D eigenvalue weighted by Crippen LogP contribution is 2.02. The van der Waals surface area contributed by atoms with Gasteiger partial charge in [0.2, 0.25) is 5.78 Å². The van der Waals surface area contributed by atoms with Gasteiger partial charge in [-0.15, -0.1) is 6.42 Å². The number of benzene rings is 1. The predicted octanol–water partition coefficient (Wildman–Crippen LogP) is 1.33. The van der Waals surface area contributed by atoms with Crippen LogP contribution in [-0.4, -0.2) is 12.1 Å². The standard InChI is InChI=1S/C18H6O2/c1-2-3-4-5-6-7-8-9-10-18(20)17-13-11-16(15-19)12-14-17/h1,11-15H. The fraction of sp³-hybridized carbons (Fsp3) is 0. The minimum Gasteiger partial charge on any atom is -0.298 e. The van der Waals surface area contributed by atoms with Crippen molar-refractivity contribution < 1.29 is 9.59 Å². The number of carbonyl (C=O) groups excluding carboxylic acids is 2. The first-order valence-electron chi connectivity index (χ1n) is 5.34. The van der Waals surface area contributed by atoms with Crippen molar-refractivity contribution in [2.45, 2.75) is 0 Å². The van der Waals surface area contributed by atoms with Crippen molar-refractivity contribution in [1.29, 1.82) is 0 Å². The zero-order chi connectivity index (χ0) is 14.6. The molecule has 0 saturated heterocycles. The van der Waals surface area contributed by atoms with Crippen LogP contribution in [0.5, 0.6) is 0 Å². The number of ketones is 1. The Bertz CT molecular complexity index is 803. The molecule has 0 aliphatic carbocycles. The SMILES string of the molecule is C#CC#CC#CC#CC#CC(=O)c1ccc(C=O)cc1. The highest BCUT2D eigenvalue weighted by Gasteiger charge is 2.00. The van der Waals surface area contributed by atoms with Crippen LogP contribution in [0.4, 0.5) is 0 Å². The molecule has 0 spiro atoms. The first kappa shape index (κ1) is 14.4. The summed E-state index contributed by atoms with van der Waals surface area (Å²) < 4.78 is 0. The zero-order valence-corrected chi connectivity index (χ0v) is 10.3. The van der Waals surface area contributed by atoms with Crippen LogP contribution in [0.3, 0.4) is 0 Å². The summed E-state index contributed by atoms with van der Waals surface area (Å²) in [5.41, 5.74) is 0.897. The number of hydrogen-bond donors (Lipinski definition) is 0. The topological polar surface area (TPSA) is 34.1 Å². The van der Waals surface area contributed by atoms with Gasteiger partial charge in [-0.1, -0.05) is 12.1 Å². The van der Waals surface area contributed by atoms with Crippen LogP contribution in [0.25, 0.3) is 0 Å². The lowest BCUT2D eigenvalue weighted by Crippen LogP contribution is -1.94. The molecule has 0 heterocycles. The van der Waals surface area contributed by atoms with Crippen LogP contribution < -0.4 is 0 Å². The van der Waals surface area contributed by atoms with Crippen molar-refractivity contribution in [3.05, 3.63) is 35.4 Å². The third kappa shape index (κ3) is 5.13. The van der Waals surface area contributed by atoms with Crippen molar-refractivity contribution >= 4 is 12.1 Å². The van der Waals surface area contributed by atoms with Gasteiger partial charge in [0.25, 0.3) is 0 Å². The number of hydrogen-bond acceptors (Lipinski definition) is 2. The van der Waals surface area contributed by atoms with Crippen molar-refractivity contribution in [1.82, 2.24) is 0 Å². The third-order valence-electron chi connectivity index (χ3n) is 1.93. The maximum atomic E-state index is 11.6. The predicted molar refractivity (Wildman–Crippen MR) is 76.1 cm³/mol. The van der Waals surface area contributed by atoms with E-state index in [1.165, 1.54) is 12.1 Å². The molecule has 2 nitrogen and oxygen atoms in total. The normalized spacial score (nSPS) is 6.75. The van der Waals surface area contributed by atoms with Crippen LogP contribution in [-0.2, 0) is 0 Å². The monoisotopic (exact) mass is 254 g/mol. The second kappa shape index (κ2) is 8.45. The van der Waals surface area contributed by atoms with E-state index in [1.807, 2.05) is 0 Å². The van der Waals surface area contributed by atoms with Crippen LogP contribution in [0.1, 0.15) is 20.7 Å². The van der Waals surface area contributed by atoms with Crippen molar-refractivity contribution in [3.63, 3.8) is 0 Å². The van der Waals surface area contributed by atoms with Gasteiger partial charge in [0.1, 0.15) is 6.29 Å². The van der Waals surface area contributed by atoms with E-state index in [0.29, 0.717) is 17.4 Å². The maximum Gasteiger partial charge on any atom is 0.236 e. The lowest BCUT2D eigenvalue weighted by molar-refractivity contribution is 0.105. The summed E-state index contributed by atoms with van der Waals surface area (Å²) in [4.78, 5) is 22.1. The van der Waals surface area contributed by atoms with E-state index < -0.39 is 0 Å². The summed E-state index contributed by atoms with van der Waals surface area (Å²) in [5, 5.41) is 0. The van der Waals surface area contributed by atoms with Gasteiger partial charge in [-0.25, -0.2) is 0 Å². The first-order chi connectivity index (χ1) is 9.77. The average Bonchev–Trinajstić information content (AvgIpc) is 2.50. The summed E-state index contributed by atoms with van der Waals surface area (Å²) in [6, 6.07) is 6.15.